The minimum atomic E-state index is 0.410. The van der Waals surface area contributed by atoms with Crippen LogP contribution in [0, 0.1) is 0 Å². The molecule has 1 fully saturated rings. The summed E-state index contributed by atoms with van der Waals surface area (Å²) in [4.78, 5) is 1.02. The third-order valence-electron chi connectivity index (χ3n) is 2.84. The second kappa shape index (κ2) is 4.87. The van der Waals surface area contributed by atoms with Crippen molar-refractivity contribution in [3.63, 3.8) is 0 Å². The Bertz CT molecular complexity index is 566. The molecule has 7 heteroatoms. The van der Waals surface area contributed by atoms with Crippen LogP contribution < -0.4 is 5.73 Å². The predicted molar refractivity (Wildman–Crippen MR) is 69.6 cm³/mol. The van der Waals surface area contributed by atoms with E-state index in [1.54, 1.807) is 0 Å². The van der Waals surface area contributed by atoms with E-state index in [4.69, 9.17) is 17.3 Å². The van der Waals surface area contributed by atoms with Gasteiger partial charge in [-0.2, -0.15) is 0 Å². The van der Waals surface area contributed by atoms with Crippen LogP contribution in [0.4, 0.5) is 0 Å². The maximum absolute atomic E-state index is 6.13. The van der Waals surface area contributed by atoms with E-state index >= 15 is 0 Å². The number of rotatable bonds is 4. The van der Waals surface area contributed by atoms with Gasteiger partial charge >= 0.3 is 0 Å². The second-order valence-corrected chi connectivity index (χ2v) is 5.58. The summed E-state index contributed by atoms with van der Waals surface area (Å²) < 4.78 is 1.88. The molecule has 1 aromatic heterocycles. The fraction of sp³-hybridized carbons (Fsp3) is 0.364. The Balaban J connectivity index is 1.92. The molecule has 1 saturated carbocycles. The molecule has 0 bridgehead atoms. The summed E-state index contributed by atoms with van der Waals surface area (Å²) in [5.74, 6) is 0. The Morgan fingerprint density at radius 3 is 3.00 bits per heavy atom. The molecule has 0 radical (unpaired) electrons. The molecule has 18 heavy (non-hydrogen) atoms. The number of nitrogens with two attached hydrogens (primary N) is 1. The van der Waals surface area contributed by atoms with Crippen LogP contribution in [0.5, 0.6) is 0 Å². The van der Waals surface area contributed by atoms with E-state index in [1.807, 2.05) is 22.9 Å². The highest BCUT2D eigenvalue weighted by Gasteiger charge is 2.28. The summed E-state index contributed by atoms with van der Waals surface area (Å²) in [5.41, 5.74) is 6.67. The van der Waals surface area contributed by atoms with Crippen LogP contribution in [-0.2, 0) is 6.54 Å². The van der Waals surface area contributed by atoms with E-state index in [2.05, 4.69) is 15.5 Å². The molecule has 1 aromatic carbocycles. The fourth-order valence-electron chi connectivity index (χ4n) is 1.73. The van der Waals surface area contributed by atoms with Gasteiger partial charge in [-0.25, -0.2) is 4.68 Å². The molecule has 0 saturated heterocycles. The lowest BCUT2D eigenvalue weighted by atomic mass is 10.2. The topological polar surface area (TPSA) is 69.6 Å². The van der Waals surface area contributed by atoms with Crippen molar-refractivity contribution < 1.29 is 0 Å². The van der Waals surface area contributed by atoms with Crippen molar-refractivity contribution in [1.82, 2.24) is 20.2 Å². The van der Waals surface area contributed by atoms with Gasteiger partial charge in [0.05, 0.1) is 6.04 Å². The fourth-order valence-corrected chi connectivity index (χ4v) is 3.06. The number of hydrogen-bond donors (Lipinski definition) is 1. The number of hydrogen-bond acceptors (Lipinski definition) is 5. The third-order valence-corrected chi connectivity index (χ3v) is 4.24. The van der Waals surface area contributed by atoms with Crippen LogP contribution in [0.1, 0.15) is 24.4 Å². The monoisotopic (exact) mass is 281 g/mol. The first kappa shape index (κ1) is 12.0. The Labute approximate surface area is 114 Å². The molecular formula is C11H12ClN5S. The Hall–Kier alpha value is -1.11. The quantitative estimate of drug-likeness (QED) is 0.931. The van der Waals surface area contributed by atoms with Gasteiger partial charge in [-0.3, -0.25) is 0 Å². The lowest BCUT2D eigenvalue weighted by Crippen LogP contribution is -2.01. The highest BCUT2D eigenvalue weighted by atomic mass is 35.5. The van der Waals surface area contributed by atoms with Gasteiger partial charge in [0.1, 0.15) is 0 Å². The Morgan fingerprint density at radius 2 is 2.28 bits per heavy atom. The molecule has 0 unspecified atom stereocenters. The lowest BCUT2D eigenvalue weighted by molar-refractivity contribution is 0.565. The molecule has 5 nitrogen and oxygen atoms in total. The summed E-state index contributed by atoms with van der Waals surface area (Å²) in [5, 5.41) is 13.3. The molecule has 2 N–H and O–H groups in total. The average molecular weight is 282 g/mol. The molecule has 1 aliphatic rings. The van der Waals surface area contributed by atoms with E-state index in [1.165, 1.54) is 11.8 Å². The van der Waals surface area contributed by atoms with Crippen LogP contribution in [0.25, 0.3) is 0 Å². The van der Waals surface area contributed by atoms with E-state index < -0.39 is 0 Å². The standard InChI is InChI=1S/C11H12ClN5S/c12-9-2-1-3-10(8(9)6-13)18-11-14-15-16-17(11)7-4-5-7/h1-3,7H,4-6,13H2. The second-order valence-electron chi connectivity index (χ2n) is 4.16. The zero-order chi connectivity index (χ0) is 12.5. The zero-order valence-electron chi connectivity index (χ0n) is 9.58. The zero-order valence-corrected chi connectivity index (χ0v) is 11.2. The molecule has 3 rings (SSSR count). The number of aromatic nitrogens is 4. The van der Waals surface area contributed by atoms with Gasteiger partial charge in [0, 0.05) is 16.5 Å². The number of benzene rings is 1. The summed E-state index contributed by atoms with van der Waals surface area (Å²) in [6.07, 6.45) is 2.30. The van der Waals surface area contributed by atoms with Crippen LogP contribution >= 0.6 is 23.4 Å². The van der Waals surface area contributed by atoms with Gasteiger partial charge in [0.15, 0.2) is 0 Å². The number of halogens is 1. The molecule has 1 heterocycles. The van der Waals surface area contributed by atoms with Crippen molar-refractivity contribution in [3.8, 4) is 0 Å². The van der Waals surface area contributed by atoms with E-state index in [0.717, 1.165) is 28.5 Å². The largest absolute Gasteiger partial charge is 0.326 e. The molecule has 94 valence electrons. The Morgan fingerprint density at radius 1 is 1.44 bits per heavy atom. The van der Waals surface area contributed by atoms with Gasteiger partial charge in [0.2, 0.25) is 5.16 Å². The van der Waals surface area contributed by atoms with Crippen molar-refractivity contribution in [2.24, 2.45) is 5.73 Å². The molecule has 0 atom stereocenters. The van der Waals surface area contributed by atoms with Crippen LogP contribution in [-0.4, -0.2) is 20.2 Å². The first-order valence-corrected chi connectivity index (χ1v) is 6.92. The highest BCUT2D eigenvalue weighted by Crippen LogP contribution is 2.39. The summed E-state index contributed by atoms with van der Waals surface area (Å²) >= 11 is 7.65. The summed E-state index contributed by atoms with van der Waals surface area (Å²) in [6, 6.07) is 6.21. The van der Waals surface area contributed by atoms with Crippen molar-refractivity contribution in [1.29, 1.82) is 0 Å². The van der Waals surface area contributed by atoms with Gasteiger partial charge in [-0.1, -0.05) is 17.7 Å². The van der Waals surface area contributed by atoms with Gasteiger partial charge in [0.25, 0.3) is 0 Å². The van der Waals surface area contributed by atoms with Crippen LogP contribution in [0.15, 0.2) is 28.3 Å². The predicted octanol–water partition coefficient (Wildman–Crippen LogP) is 2.27. The molecule has 2 aromatic rings. The first-order valence-electron chi connectivity index (χ1n) is 5.72. The van der Waals surface area contributed by atoms with E-state index in [-0.39, 0.29) is 0 Å². The minimum Gasteiger partial charge on any atom is -0.326 e. The third kappa shape index (κ3) is 2.23. The summed E-state index contributed by atoms with van der Waals surface area (Å²) in [6.45, 7) is 0.410. The average Bonchev–Trinajstić information content (AvgIpc) is 3.11. The Kier molecular flexibility index (Phi) is 3.23. The summed E-state index contributed by atoms with van der Waals surface area (Å²) in [7, 11) is 0. The number of tetrazole rings is 1. The van der Waals surface area contributed by atoms with Crippen molar-refractivity contribution in [2.75, 3.05) is 0 Å². The van der Waals surface area contributed by atoms with Crippen molar-refractivity contribution >= 4 is 23.4 Å². The smallest absolute Gasteiger partial charge is 0.214 e. The van der Waals surface area contributed by atoms with Gasteiger partial charge in [-0.15, -0.1) is 5.10 Å². The highest BCUT2D eigenvalue weighted by molar-refractivity contribution is 7.99. The van der Waals surface area contributed by atoms with Crippen molar-refractivity contribution in [3.05, 3.63) is 28.8 Å². The molecular weight excluding hydrogens is 270 g/mol. The molecule has 0 aliphatic heterocycles. The van der Waals surface area contributed by atoms with Gasteiger partial charge in [-0.05, 0) is 52.7 Å². The van der Waals surface area contributed by atoms with Crippen LogP contribution in [0.2, 0.25) is 5.02 Å². The van der Waals surface area contributed by atoms with Crippen molar-refractivity contribution in [2.45, 2.75) is 35.5 Å². The van der Waals surface area contributed by atoms with Gasteiger partial charge < -0.3 is 5.73 Å². The van der Waals surface area contributed by atoms with E-state index in [0.29, 0.717) is 17.6 Å². The SMILES string of the molecule is NCc1c(Cl)cccc1Sc1nnnn1C1CC1. The maximum Gasteiger partial charge on any atom is 0.214 e. The minimum absolute atomic E-state index is 0.410. The van der Waals surface area contributed by atoms with E-state index in [9.17, 15) is 0 Å². The first-order chi connectivity index (χ1) is 8.79. The number of nitrogens with zero attached hydrogens (tertiary/aromatic N) is 4. The lowest BCUT2D eigenvalue weighted by Gasteiger charge is -2.08. The molecule has 0 amide bonds. The normalized spacial score (nSPS) is 15.0. The molecule has 1 aliphatic carbocycles. The van der Waals surface area contributed by atoms with Crippen LogP contribution in [0.3, 0.4) is 0 Å². The maximum atomic E-state index is 6.13. The molecule has 0 spiro atoms.